The summed E-state index contributed by atoms with van der Waals surface area (Å²) in [7, 11) is 0. The van der Waals surface area contributed by atoms with Crippen LogP contribution in [-0.2, 0) is 0 Å². The number of rotatable bonds is 4. The van der Waals surface area contributed by atoms with Gasteiger partial charge in [-0.25, -0.2) is 0 Å². The Kier molecular flexibility index (Phi) is 6.95. The molecule has 0 amide bonds. The number of nitrogens with one attached hydrogen (secondary N) is 1. The first-order valence-corrected chi connectivity index (χ1v) is 6.11. The van der Waals surface area contributed by atoms with E-state index in [4.69, 9.17) is 5.84 Å². The van der Waals surface area contributed by atoms with Crippen molar-refractivity contribution in [1.29, 1.82) is 0 Å². The number of para-hydroxylation sites is 1. The molecule has 0 bridgehead atoms. The number of fused-ring (bicyclic) bond motifs is 1. The Balaban J connectivity index is 0.000000185. The van der Waals surface area contributed by atoms with Crippen LogP contribution >= 0.6 is 0 Å². The molecule has 0 fully saturated rings. The Morgan fingerprint density at radius 1 is 1.12 bits per heavy atom. The highest BCUT2D eigenvalue weighted by molar-refractivity contribution is 5.77. The van der Waals surface area contributed by atoms with Crippen LogP contribution in [0.4, 0.5) is 0 Å². The zero-order valence-electron chi connectivity index (χ0n) is 10.4. The number of hydrogen-bond acceptors (Lipinski definition) is 3. The second-order valence-electron chi connectivity index (χ2n) is 3.86. The third-order valence-electron chi connectivity index (χ3n) is 2.44. The lowest BCUT2D eigenvalue weighted by molar-refractivity contribution is 0.637. The predicted molar refractivity (Wildman–Crippen MR) is 73.5 cm³/mol. The van der Waals surface area contributed by atoms with Crippen LogP contribution in [0.15, 0.2) is 42.6 Å². The van der Waals surface area contributed by atoms with Crippen molar-refractivity contribution in [2.45, 2.75) is 26.2 Å². The maximum Gasteiger partial charge on any atom is 0.0701 e. The minimum Gasteiger partial charge on any atom is -0.271 e. The first kappa shape index (κ1) is 13.6. The van der Waals surface area contributed by atoms with E-state index in [1.165, 1.54) is 24.6 Å². The third-order valence-corrected chi connectivity index (χ3v) is 2.44. The normalized spacial score (nSPS) is 9.76. The Morgan fingerprint density at radius 2 is 1.88 bits per heavy atom. The molecule has 0 atom stereocenters. The van der Waals surface area contributed by atoms with Gasteiger partial charge in [-0.3, -0.25) is 16.3 Å². The van der Waals surface area contributed by atoms with Crippen LogP contribution in [0.2, 0.25) is 0 Å². The molecule has 3 nitrogen and oxygen atoms in total. The van der Waals surface area contributed by atoms with Crippen molar-refractivity contribution in [3.05, 3.63) is 42.6 Å². The van der Waals surface area contributed by atoms with Gasteiger partial charge in [-0.2, -0.15) is 0 Å². The van der Waals surface area contributed by atoms with E-state index in [-0.39, 0.29) is 0 Å². The zero-order chi connectivity index (χ0) is 12.3. The maximum absolute atomic E-state index is 5.02. The fourth-order valence-corrected chi connectivity index (χ4v) is 1.49. The van der Waals surface area contributed by atoms with Crippen molar-refractivity contribution < 1.29 is 0 Å². The van der Waals surface area contributed by atoms with E-state index in [0.29, 0.717) is 0 Å². The molecule has 3 heteroatoms. The molecule has 1 aromatic heterocycles. The molecule has 92 valence electrons. The van der Waals surface area contributed by atoms with Gasteiger partial charge in [-0.05, 0) is 18.6 Å². The van der Waals surface area contributed by atoms with E-state index in [9.17, 15) is 0 Å². The summed E-state index contributed by atoms with van der Waals surface area (Å²) in [4.78, 5) is 4.18. The molecule has 0 saturated heterocycles. The number of nitrogens with zero attached hydrogens (tertiary/aromatic N) is 1. The molecule has 2 rings (SSSR count). The molecule has 17 heavy (non-hydrogen) atoms. The Hall–Kier alpha value is -1.45. The summed E-state index contributed by atoms with van der Waals surface area (Å²) in [6.45, 7) is 3.13. The first-order chi connectivity index (χ1) is 8.38. The van der Waals surface area contributed by atoms with Crippen molar-refractivity contribution in [2.75, 3.05) is 6.54 Å². The van der Waals surface area contributed by atoms with Crippen molar-refractivity contribution in [3.8, 4) is 0 Å². The van der Waals surface area contributed by atoms with Gasteiger partial charge < -0.3 is 0 Å². The Bertz CT molecular complexity index is 345. The molecule has 1 heterocycles. The van der Waals surface area contributed by atoms with Gasteiger partial charge in [-0.15, -0.1) is 0 Å². The van der Waals surface area contributed by atoms with Crippen LogP contribution in [0.3, 0.4) is 0 Å². The second-order valence-corrected chi connectivity index (χ2v) is 3.86. The summed E-state index contributed by atoms with van der Waals surface area (Å²) < 4.78 is 0. The highest BCUT2D eigenvalue weighted by atomic mass is 15.2. The predicted octanol–water partition coefficient (Wildman–Crippen LogP) is 2.87. The number of pyridine rings is 1. The van der Waals surface area contributed by atoms with Gasteiger partial charge in [0.1, 0.15) is 0 Å². The standard InChI is InChI=1S/C9H7N.C5H14N2/c1-2-6-9-8(4-1)5-3-7-10-9;1-2-3-4-5-7-6/h1-7H;7H,2-6H2,1H3. The topological polar surface area (TPSA) is 50.9 Å². The molecular weight excluding hydrogens is 210 g/mol. The molecule has 0 saturated carbocycles. The SMILES string of the molecule is CCCCCNN.c1ccc2ncccc2c1. The molecule has 0 radical (unpaired) electrons. The smallest absolute Gasteiger partial charge is 0.0701 e. The van der Waals surface area contributed by atoms with Crippen LogP contribution in [-0.4, -0.2) is 11.5 Å². The van der Waals surface area contributed by atoms with Gasteiger partial charge in [0.05, 0.1) is 5.52 Å². The molecule has 2 aromatic rings. The van der Waals surface area contributed by atoms with E-state index in [1.54, 1.807) is 0 Å². The number of hydrogen-bond donors (Lipinski definition) is 2. The van der Waals surface area contributed by atoms with Gasteiger partial charge >= 0.3 is 0 Å². The summed E-state index contributed by atoms with van der Waals surface area (Å²) >= 11 is 0. The Morgan fingerprint density at radius 3 is 2.59 bits per heavy atom. The number of hydrazine groups is 1. The average molecular weight is 231 g/mol. The lowest BCUT2D eigenvalue weighted by atomic mass is 10.2. The van der Waals surface area contributed by atoms with Crippen LogP contribution in [0.5, 0.6) is 0 Å². The zero-order valence-corrected chi connectivity index (χ0v) is 10.4. The van der Waals surface area contributed by atoms with Crippen LogP contribution in [0, 0.1) is 0 Å². The summed E-state index contributed by atoms with van der Waals surface area (Å²) in [6, 6.07) is 12.1. The summed E-state index contributed by atoms with van der Waals surface area (Å²) in [5, 5.41) is 1.20. The number of nitrogens with two attached hydrogens (primary N) is 1. The highest BCUT2D eigenvalue weighted by Gasteiger charge is 1.86. The fourth-order valence-electron chi connectivity index (χ4n) is 1.49. The molecule has 0 aliphatic rings. The van der Waals surface area contributed by atoms with Crippen LogP contribution in [0.1, 0.15) is 26.2 Å². The van der Waals surface area contributed by atoms with E-state index in [0.717, 1.165) is 12.1 Å². The molecule has 1 aromatic carbocycles. The van der Waals surface area contributed by atoms with Crippen molar-refractivity contribution >= 4 is 10.9 Å². The minimum atomic E-state index is 0.952. The van der Waals surface area contributed by atoms with E-state index in [2.05, 4.69) is 29.5 Å². The summed E-state index contributed by atoms with van der Waals surface area (Å²) in [5.74, 6) is 5.02. The quantitative estimate of drug-likeness (QED) is 0.483. The van der Waals surface area contributed by atoms with E-state index < -0.39 is 0 Å². The molecule has 0 aliphatic heterocycles. The van der Waals surface area contributed by atoms with Gasteiger partial charge in [0, 0.05) is 18.1 Å². The van der Waals surface area contributed by atoms with Crippen LogP contribution in [0.25, 0.3) is 10.9 Å². The summed E-state index contributed by atoms with van der Waals surface area (Å²) in [6.07, 6.45) is 5.56. The maximum atomic E-state index is 5.02. The number of unbranched alkanes of at least 4 members (excludes halogenated alkanes) is 2. The third kappa shape index (κ3) is 5.43. The van der Waals surface area contributed by atoms with Gasteiger partial charge in [0.25, 0.3) is 0 Å². The second kappa shape index (κ2) is 8.67. The van der Waals surface area contributed by atoms with E-state index >= 15 is 0 Å². The molecular formula is C14H21N3. The molecule has 0 aliphatic carbocycles. The first-order valence-electron chi connectivity index (χ1n) is 6.11. The van der Waals surface area contributed by atoms with Crippen molar-refractivity contribution in [3.63, 3.8) is 0 Å². The average Bonchev–Trinajstić information content (AvgIpc) is 2.40. The Labute approximate surface area is 103 Å². The summed E-state index contributed by atoms with van der Waals surface area (Å²) in [5.41, 5.74) is 3.66. The number of aromatic nitrogens is 1. The highest BCUT2D eigenvalue weighted by Crippen LogP contribution is 2.07. The lowest BCUT2D eigenvalue weighted by Gasteiger charge is -1.93. The van der Waals surface area contributed by atoms with Crippen molar-refractivity contribution in [1.82, 2.24) is 10.4 Å². The number of benzene rings is 1. The molecule has 0 spiro atoms. The lowest BCUT2D eigenvalue weighted by Crippen LogP contribution is -2.22. The molecule has 0 unspecified atom stereocenters. The van der Waals surface area contributed by atoms with Gasteiger partial charge in [0.2, 0.25) is 0 Å². The van der Waals surface area contributed by atoms with E-state index in [1.807, 2.05) is 30.5 Å². The van der Waals surface area contributed by atoms with Gasteiger partial charge in [-0.1, -0.05) is 44.0 Å². The molecule has 3 N–H and O–H groups in total. The van der Waals surface area contributed by atoms with Crippen LogP contribution < -0.4 is 11.3 Å². The van der Waals surface area contributed by atoms with Gasteiger partial charge in [0.15, 0.2) is 0 Å². The monoisotopic (exact) mass is 231 g/mol. The minimum absolute atomic E-state index is 0.952. The fraction of sp³-hybridized carbons (Fsp3) is 0.357. The van der Waals surface area contributed by atoms with Crippen molar-refractivity contribution in [2.24, 2.45) is 5.84 Å². The largest absolute Gasteiger partial charge is 0.271 e.